The molecule has 0 fully saturated rings. The highest BCUT2D eigenvalue weighted by atomic mass is 127. The number of nitrogens with one attached hydrogen (secondary N) is 1. The minimum absolute atomic E-state index is 0. The number of aliphatic imine (C=N–C) groups is 1. The fourth-order valence-electron chi connectivity index (χ4n) is 1.68. The molecule has 0 saturated carbocycles. The summed E-state index contributed by atoms with van der Waals surface area (Å²) in [6.07, 6.45) is 0. The molecule has 0 heterocycles. The van der Waals surface area contributed by atoms with Crippen molar-refractivity contribution in [1.82, 2.24) is 10.2 Å². The molecule has 0 saturated heterocycles. The molecule has 23 heavy (non-hydrogen) atoms. The molecule has 1 aromatic rings. The van der Waals surface area contributed by atoms with Gasteiger partial charge in [-0.1, -0.05) is 6.07 Å². The third-order valence-corrected chi connectivity index (χ3v) is 3.79. The van der Waals surface area contributed by atoms with Crippen LogP contribution in [0.2, 0.25) is 0 Å². The Labute approximate surface area is 156 Å². The zero-order chi connectivity index (χ0) is 16.8. The molecule has 132 valence electrons. The van der Waals surface area contributed by atoms with E-state index in [1.54, 1.807) is 14.2 Å². The van der Waals surface area contributed by atoms with Gasteiger partial charge in [-0.15, -0.1) is 24.0 Å². The van der Waals surface area contributed by atoms with Crippen LogP contribution in [-0.2, 0) is 6.54 Å². The van der Waals surface area contributed by atoms with E-state index in [1.165, 1.54) is 0 Å². The monoisotopic (exact) mass is 436 g/mol. The summed E-state index contributed by atoms with van der Waals surface area (Å²) in [4.78, 5) is 6.50. The maximum atomic E-state index is 5.92. The summed E-state index contributed by atoms with van der Waals surface area (Å²) in [5.41, 5.74) is 6.93. The van der Waals surface area contributed by atoms with Crippen LogP contribution in [0.25, 0.3) is 0 Å². The summed E-state index contributed by atoms with van der Waals surface area (Å²) in [6.45, 7) is 5.49. The topological polar surface area (TPSA) is 72.1 Å². The van der Waals surface area contributed by atoms with E-state index >= 15 is 0 Å². The number of nitrogens with two attached hydrogens (primary N) is 1. The number of nitrogens with zero attached hydrogens (tertiary/aromatic N) is 2. The molecule has 0 amide bonds. The standard InChI is InChI=1S/C16H28N4O2.HI/c1-16(2,20(3)4)11-19-15(17)18-10-12-7-8-13(21-5)14(9-12)22-6;/h7-9H,10-11H2,1-6H3,(H3,17,18,19);1H. The van der Waals surface area contributed by atoms with E-state index in [1.807, 2.05) is 32.3 Å². The third kappa shape index (κ3) is 6.82. The van der Waals surface area contributed by atoms with Gasteiger partial charge in [-0.05, 0) is 45.6 Å². The molecule has 1 rings (SSSR count). The average molecular weight is 436 g/mol. The maximum Gasteiger partial charge on any atom is 0.188 e. The number of halogens is 1. The zero-order valence-electron chi connectivity index (χ0n) is 14.8. The Hall–Kier alpha value is -1.22. The molecule has 0 aromatic heterocycles. The number of benzene rings is 1. The van der Waals surface area contributed by atoms with Crippen LogP contribution in [0.5, 0.6) is 11.5 Å². The lowest BCUT2D eigenvalue weighted by Crippen LogP contribution is -2.49. The molecule has 0 radical (unpaired) electrons. The van der Waals surface area contributed by atoms with Gasteiger partial charge in [0.15, 0.2) is 17.5 Å². The second-order valence-electron chi connectivity index (χ2n) is 5.95. The van der Waals surface area contributed by atoms with Crippen molar-refractivity contribution in [3.8, 4) is 11.5 Å². The van der Waals surface area contributed by atoms with Gasteiger partial charge in [0, 0.05) is 12.1 Å². The van der Waals surface area contributed by atoms with Crippen LogP contribution in [-0.4, -0.2) is 51.3 Å². The van der Waals surface area contributed by atoms with Crippen LogP contribution in [0.4, 0.5) is 0 Å². The SMILES string of the molecule is COc1ccc(CN=C(N)NCC(C)(C)N(C)C)cc1OC.I. The Morgan fingerprint density at radius 2 is 1.83 bits per heavy atom. The largest absolute Gasteiger partial charge is 0.493 e. The number of rotatable bonds is 7. The van der Waals surface area contributed by atoms with E-state index in [4.69, 9.17) is 15.2 Å². The van der Waals surface area contributed by atoms with Crippen LogP contribution in [0.3, 0.4) is 0 Å². The van der Waals surface area contributed by atoms with Gasteiger partial charge < -0.3 is 25.4 Å². The molecular formula is C16H29IN4O2. The second-order valence-corrected chi connectivity index (χ2v) is 5.95. The van der Waals surface area contributed by atoms with E-state index in [0.717, 1.165) is 12.1 Å². The molecule has 7 heteroatoms. The van der Waals surface area contributed by atoms with Crippen molar-refractivity contribution in [3.05, 3.63) is 23.8 Å². The lowest BCUT2D eigenvalue weighted by Gasteiger charge is -2.32. The predicted octanol–water partition coefficient (Wildman–Crippen LogP) is 2.07. The fraction of sp³-hybridized carbons (Fsp3) is 0.562. The summed E-state index contributed by atoms with van der Waals surface area (Å²) in [6, 6.07) is 5.71. The molecule has 1 aromatic carbocycles. The Bertz CT molecular complexity index is 519. The minimum atomic E-state index is 0. The van der Waals surface area contributed by atoms with Crippen LogP contribution in [0, 0.1) is 0 Å². The van der Waals surface area contributed by atoms with Crippen LogP contribution in [0.15, 0.2) is 23.2 Å². The number of ether oxygens (including phenoxy) is 2. The highest BCUT2D eigenvalue weighted by molar-refractivity contribution is 14.0. The average Bonchev–Trinajstić information content (AvgIpc) is 2.50. The lowest BCUT2D eigenvalue weighted by molar-refractivity contribution is 0.197. The normalized spacial score (nSPS) is 11.9. The van der Waals surface area contributed by atoms with E-state index in [2.05, 4.69) is 29.1 Å². The number of hydrogen-bond donors (Lipinski definition) is 2. The van der Waals surface area contributed by atoms with Gasteiger partial charge in [0.25, 0.3) is 0 Å². The molecule has 0 aliphatic carbocycles. The van der Waals surface area contributed by atoms with Gasteiger partial charge >= 0.3 is 0 Å². The van der Waals surface area contributed by atoms with Crippen molar-refractivity contribution >= 4 is 29.9 Å². The molecule has 0 unspecified atom stereocenters. The maximum absolute atomic E-state index is 5.92. The molecule has 0 aliphatic heterocycles. The Morgan fingerprint density at radius 3 is 2.35 bits per heavy atom. The highest BCUT2D eigenvalue weighted by Crippen LogP contribution is 2.27. The molecule has 0 atom stereocenters. The van der Waals surface area contributed by atoms with Gasteiger partial charge in [-0.25, -0.2) is 4.99 Å². The summed E-state index contributed by atoms with van der Waals surface area (Å²) < 4.78 is 10.5. The molecule has 0 spiro atoms. The Kier molecular flexibility index (Phi) is 9.29. The molecule has 0 bridgehead atoms. The first-order valence-electron chi connectivity index (χ1n) is 7.22. The van der Waals surface area contributed by atoms with Crippen LogP contribution < -0.4 is 20.5 Å². The van der Waals surface area contributed by atoms with E-state index in [-0.39, 0.29) is 29.5 Å². The van der Waals surface area contributed by atoms with E-state index in [0.29, 0.717) is 24.0 Å². The zero-order valence-corrected chi connectivity index (χ0v) is 17.2. The van der Waals surface area contributed by atoms with Crippen molar-refractivity contribution in [2.24, 2.45) is 10.7 Å². The molecule has 6 nitrogen and oxygen atoms in total. The minimum Gasteiger partial charge on any atom is -0.493 e. The molecular weight excluding hydrogens is 407 g/mol. The van der Waals surface area contributed by atoms with E-state index in [9.17, 15) is 0 Å². The lowest BCUT2D eigenvalue weighted by atomic mass is 10.1. The Morgan fingerprint density at radius 1 is 1.22 bits per heavy atom. The molecule has 3 N–H and O–H groups in total. The molecule has 0 aliphatic rings. The highest BCUT2D eigenvalue weighted by Gasteiger charge is 2.19. The fourth-order valence-corrected chi connectivity index (χ4v) is 1.68. The van der Waals surface area contributed by atoms with Gasteiger partial charge in [0.2, 0.25) is 0 Å². The van der Waals surface area contributed by atoms with Crippen molar-refractivity contribution < 1.29 is 9.47 Å². The smallest absolute Gasteiger partial charge is 0.188 e. The van der Waals surface area contributed by atoms with Crippen LogP contribution in [0.1, 0.15) is 19.4 Å². The first kappa shape index (κ1) is 21.8. The number of likely N-dealkylation sites (N-methyl/N-ethyl adjacent to an activating group) is 1. The van der Waals surface area contributed by atoms with Gasteiger partial charge in [-0.2, -0.15) is 0 Å². The van der Waals surface area contributed by atoms with Crippen molar-refractivity contribution in [3.63, 3.8) is 0 Å². The predicted molar refractivity (Wildman–Crippen MR) is 106 cm³/mol. The van der Waals surface area contributed by atoms with Gasteiger partial charge in [0.1, 0.15) is 0 Å². The number of methoxy groups -OCH3 is 2. The Balaban J connectivity index is 0.00000484. The summed E-state index contributed by atoms with van der Waals surface area (Å²) >= 11 is 0. The number of hydrogen-bond acceptors (Lipinski definition) is 4. The first-order valence-corrected chi connectivity index (χ1v) is 7.22. The summed E-state index contributed by atoms with van der Waals surface area (Å²) in [5, 5.41) is 3.16. The third-order valence-electron chi connectivity index (χ3n) is 3.79. The number of guanidine groups is 1. The van der Waals surface area contributed by atoms with Gasteiger partial charge in [0.05, 0.1) is 20.8 Å². The van der Waals surface area contributed by atoms with Crippen molar-refractivity contribution in [2.75, 3.05) is 34.9 Å². The summed E-state index contributed by atoms with van der Waals surface area (Å²) in [7, 11) is 7.31. The van der Waals surface area contributed by atoms with Gasteiger partial charge in [-0.3, -0.25) is 0 Å². The first-order chi connectivity index (χ1) is 10.3. The second kappa shape index (κ2) is 9.82. The van der Waals surface area contributed by atoms with Crippen LogP contribution >= 0.6 is 24.0 Å². The summed E-state index contributed by atoms with van der Waals surface area (Å²) in [5.74, 6) is 1.83. The van der Waals surface area contributed by atoms with E-state index < -0.39 is 0 Å². The van der Waals surface area contributed by atoms with Crippen molar-refractivity contribution in [2.45, 2.75) is 25.9 Å². The quantitative estimate of drug-likeness (QED) is 0.389. The van der Waals surface area contributed by atoms with Crippen molar-refractivity contribution in [1.29, 1.82) is 0 Å².